The van der Waals surface area contributed by atoms with Crippen LogP contribution in [0.25, 0.3) is 0 Å². The van der Waals surface area contributed by atoms with Gasteiger partial charge in [0.1, 0.15) is 17.4 Å². The molecule has 0 amide bonds. The molecule has 1 aromatic rings. The summed E-state index contributed by atoms with van der Waals surface area (Å²) in [6.07, 6.45) is 1.34. The van der Waals surface area contributed by atoms with Crippen LogP contribution < -0.4 is 9.47 Å². The van der Waals surface area contributed by atoms with Crippen molar-refractivity contribution < 1.29 is 14.3 Å². The van der Waals surface area contributed by atoms with E-state index in [1.165, 1.54) is 14.2 Å². The Balaban J connectivity index is 3.13. The van der Waals surface area contributed by atoms with E-state index in [0.29, 0.717) is 23.5 Å². The Hall–Kier alpha value is -2.02. The summed E-state index contributed by atoms with van der Waals surface area (Å²) >= 11 is 0. The number of Topliss-reactive ketones (excluding diaryl/α,β-unsaturated/α-hetero) is 1. The van der Waals surface area contributed by atoms with Crippen LogP contribution in [0.2, 0.25) is 0 Å². The van der Waals surface area contributed by atoms with Gasteiger partial charge in [0.05, 0.1) is 25.9 Å². The number of carbonyl (C=O) groups excluding carboxylic acids is 1. The van der Waals surface area contributed by atoms with Crippen LogP contribution in [0.15, 0.2) is 18.2 Å². The van der Waals surface area contributed by atoms with E-state index in [1.807, 2.05) is 13.0 Å². The zero-order valence-corrected chi connectivity index (χ0v) is 10.9. The SMILES string of the molecule is CCCC(C#N)C(=O)c1cc(OC)ccc1OC. The number of rotatable bonds is 6. The lowest BCUT2D eigenvalue weighted by atomic mass is 9.94. The largest absolute Gasteiger partial charge is 0.497 e. The van der Waals surface area contributed by atoms with Crippen LogP contribution in [-0.4, -0.2) is 20.0 Å². The van der Waals surface area contributed by atoms with Gasteiger partial charge in [0.25, 0.3) is 0 Å². The minimum atomic E-state index is -0.629. The molecule has 96 valence electrons. The second-order valence-corrected chi connectivity index (χ2v) is 3.90. The molecule has 1 unspecified atom stereocenters. The van der Waals surface area contributed by atoms with Crippen LogP contribution in [0.4, 0.5) is 0 Å². The molecule has 1 rings (SSSR count). The third kappa shape index (κ3) is 3.01. The summed E-state index contributed by atoms with van der Waals surface area (Å²) in [5.41, 5.74) is 0.400. The molecule has 0 aliphatic heterocycles. The molecule has 0 saturated heterocycles. The van der Waals surface area contributed by atoms with Gasteiger partial charge in [0, 0.05) is 0 Å². The maximum Gasteiger partial charge on any atom is 0.183 e. The van der Waals surface area contributed by atoms with Gasteiger partial charge in [-0.1, -0.05) is 13.3 Å². The number of hydrogen-bond acceptors (Lipinski definition) is 4. The summed E-state index contributed by atoms with van der Waals surface area (Å²) in [6.45, 7) is 1.94. The molecule has 1 atom stereocenters. The molecule has 0 aliphatic rings. The van der Waals surface area contributed by atoms with Crippen LogP contribution in [0, 0.1) is 17.2 Å². The Kier molecular flexibility index (Phi) is 5.19. The monoisotopic (exact) mass is 247 g/mol. The minimum Gasteiger partial charge on any atom is -0.497 e. The van der Waals surface area contributed by atoms with Crippen LogP contribution in [0.3, 0.4) is 0 Å². The van der Waals surface area contributed by atoms with Gasteiger partial charge in [-0.15, -0.1) is 0 Å². The highest BCUT2D eigenvalue weighted by Gasteiger charge is 2.22. The average molecular weight is 247 g/mol. The third-order valence-corrected chi connectivity index (χ3v) is 2.72. The molecular weight excluding hydrogens is 230 g/mol. The van der Waals surface area contributed by atoms with Crippen molar-refractivity contribution in [1.29, 1.82) is 5.26 Å². The van der Waals surface area contributed by atoms with E-state index in [2.05, 4.69) is 0 Å². The lowest BCUT2D eigenvalue weighted by molar-refractivity contribution is 0.0940. The summed E-state index contributed by atoms with van der Waals surface area (Å²) in [6, 6.07) is 7.05. The standard InChI is InChI=1S/C14H17NO3/c1-4-5-10(9-15)14(16)12-8-11(17-2)6-7-13(12)18-3/h6-8,10H,4-5H2,1-3H3. The number of methoxy groups -OCH3 is 2. The van der Waals surface area contributed by atoms with Crippen molar-refractivity contribution in [1.82, 2.24) is 0 Å². The molecule has 0 radical (unpaired) electrons. The van der Waals surface area contributed by atoms with Crippen LogP contribution in [0.1, 0.15) is 30.1 Å². The van der Waals surface area contributed by atoms with Gasteiger partial charge >= 0.3 is 0 Å². The van der Waals surface area contributed by atoms with Gasteiger partial charge in [-0.05, 0) is 24.6 Å². The van der Waals surface area contributed by atoms with Crippen LogP contribution in [0.5, 0.6) is 11.5 Å². The molecule has 0 aliphatic carbocycles. The molecule has 18 heavy (non-hydrogen) atoms. The van der Waals surface area contributed by atoms with E-state index in [0.717, 1.165) is 6.42 Å². The Morgan fingerprint density at radius 2 is 2.11 bits per heavy atom. The van der Waals surface area contributed by atoms with Gasteiger partial charge in [0.15, 0.2) is 5.78 Å². The highest BCUT2D eigenvalue weighted by molar-refractivity contribution is 6.02. The lowest BCUT2D eigenvalue weighted by Crippen LogP contribution is -2.14. The predicted octanol–water partition coefficient (Wildman–Crippen LogP) is 2.83. The average Bonchev–Trinajstić information content (AvgIpc) is 2.43. The van der Waals surface area contributed by atoms with E-state index in [1.54, 1.807) is 18.2 Å². The van der Waals surface area contributed by atoms with Gasteiger partial charge in [-0.25, -0.2) is 0 Å². The van der Waals surface area contributed by atoms with Gasteiger partial charge in [-0.2, -0.15) is 5.26 Å². The van der Waals surface area contributed by atoms with E-state index in [9.17, 15) is 4.79 Å². The fraction of sp³-hybridized carbons (Fsp3) is 0.429. The summed E-state index contributed by atoms with van der Waals surface area (Å²) in [7, 11) is 3.03. The van der Waals surface area contributed by atoms with E-state index >= 15 is 0 Å². The van der Waals surface area contributed by atoms with Gasteiger partial charge in [-0.3, -0.25) is 4.79 Å². The molecule has 0 fully saturated rings. The second kappa shape index (κ2) is 6.65. The first-order valence-electron chi connectivity index (χ1n) is 5.83. The summed E-state index contributed by atoms with van der Waals surface area (Å²) in [5, 5.41) is 9.04. The number of hydrogen-bond donors (Lipinski definition) is 0. The number of ketones is 1. The Labute approximate surface area is 107 Å². The van der Waals surface area contributed by atoms with Crippen LogP contribution >= 0.6 is 0 Å². The zero-order chi connectivity index (χ0) is 13.5. The number of nitrogens with zero attached hydrogens (tertiary/aromatic N) is 1. The first kappa shape index (κ1) is 14.0. The molecule has 0 heterocycles. The van der Waals surface area contributed by atoms with Crippen molar-refractivity contribution in [3.63, 3.8) is 0 Å². The normalized spacial score (nSPS) is 11.4. The van der Waals surface area contributed by atoms with Crippen LogP contribution in [-0.2, 0) is 0 Å². The first-order valence-corrected chi connectivity index (χ1v) is 5.83. The molecule has 0 aromatic heterocycles. The molecule has 0 spiro atoms. The Bertz CT molecular complexity index is 463. The fourth-order valence-corrected chi connectivity index (χ4v) is 1.74. The van der Waals surface area contributed by atoms with E-state index < -0.39 is 5.92 Å². The molecule has 4 heteroatoms. The number of benzene rings is 1. The number of ether oxygens (including phenoxy) is 2. The highest BCUT2D eigenvalue weighted by atomic mass is 16.5. The number of nitriles is 1. The van der Waals surface area contributed by atoms with E-state index in [-0.39, 0.29) is 5.78 Å². The molecule has 1 aromatic carbocycles. The molecule has 0 saturated carbocycles. The quantitative estimate of drug-likeness (QED) is 0.725. The molecular formula is C14H17NO3. The molecule has 4 nitrogen and oxygen atoms in total. The maximum absolute atomic E-state index is 12.3. The summed E-state index contributed by atoms with van der Waals surface area (Å²) in [4.78, 5) is 12.3. The third-order valence-electron chi connectivity index (χ3n) is 2.72. The summed E-state index contributed by atoms with van der Waals surface area (Å²) < 4.78 is 10.2. The highest BCUT2D eigenvalue weighted by Crippen LogP contribution is 2.27. The van der Waals surface area contributed by atoms with E-state index in [4.69, 9.17) is 14.7 Å². The minimum absolute atomic E-state index is 0.213. The van der Waals surface area contributed by atoms with Crippen molar-refractivity contribution in [3.8, 4) is 17.6 Å². The topological polar surface area (TPSA) is 59.3 Å². The van der Waals surface area contributed by atoms with Crippen molar-refractivity contribution in [3.05, 3.63) is 23.8 Å². The van der Waals surface area contributed by atoms with Crippen molar-refractivity contribution in [2.45, 2.75) is 19.8 Å². The first-order chi connectivity index (χ1) is 8.67. The second-order valence-electron chi connectivity index (χ2n) is 3.90. The van der Waals surface area contributed by atoms with Crippen molar-refractivity contribution in [2.24, 2.45) is 5.92 Å². The molecule has 0 N–H and O–H groups in total. The molecule has 0 bridgehead atoms. The van der Waals surface area contributed by atoms with Gasteiger partial charge < -0.3 is 9.47 Å². The van der Waals surface area contributed by atoms with Gasteiger partial charge in [0.2, 0.25) is 0 Å². The number of carbonyl (C=O) groups is 1. The van der Waals surface area contributed by atoms with Crippen molar-refractivity contribution >= 4 is 5.78 Å². The smallest absolute Gasteiger partial charge is 0.183 e. The lowest BCUT2D eigenvalue weighted by Gasteiger charge is -2.12. The summed E-state index contributed by atoms with van der Waals surface area (Å²) in [5.74, 6) is 0.204. The van der Waals surface area contributed by atoms with Crippen molar-refractivity contribution in [2.75, 3.05) is 14.2 Å². The maximum atomic E-state index is 12.3. The zero-order valence-electron chi connectivity index (χ0n) is 10.9. The Morgan fingerprint density at radius 3 is 2.61 bits per heavy atom. The Morgan fingerprint density at radius 1 is 1.39 bits per heavy atom. The predicted molar refractivity (Wildman–Crippen MR) is 67.9 cm³/mol. The fourth-order valence-electron chi connectivity index (χ4n) is 1.74.